The number of hydrogen-bond acceptors (Lipinski definition) is 4. The number of ether oxygens (including phenoxy) is 1. The Balaban J connectivity index is 1.69. The van der Waals surface area contributed by atoms with Crippen molar-refractivity contribution in [2.24, 2.45) is 0 Å². The van der Waals surface area contributed by atoms with Crippen molar-refractivity contribution < 1.29 is 4.74 Å². The van der Waals surface area contributed by atoms with E-state index in [0.29, 0.717) is 6.10 Å². The van der Waals surface area contributed by atoms with Crippen molar-refractivity contribution in [2.45, 2.75) is 18.9 Å². The van der Waals surface area contributed by atoms with Crippen molar-refractivity contribution in [3.63, 3.8) is 0 Å². The molecule has 3 rings (SSSR count). The summed E-state index contributed by atoms with van der Waals surface area (Å²) in [5.41, 5.74) is 1.07. The number of halogens is 1. The maximum atomic E-state index is 5.78. The van der Waals surface area contributed by atoms with E-state index in [0.717, 1.165) is 49.2 Å². The monoisotopic (exact) mass is 324 g/mol. The molecule has 5 nitrogen and oxygen atoms in total. The van der Waals surface area contributed by atoms with Crippen molar-refractivity contribution >= 4 is 27.3 Å². The molecular formula is C13H17BrN4O. The summed E-state index contributed by atoms with van der Waals surface area (Å²) < 4.78 is 7.65. The van der Waals surface area contributed by atoms with Crippen molar-refractivity contribution in [1.29, 1.82) is 0 Å². The second-order valence-electron chi connectivity index (χ2n) is 4.66. The first kappa shape index (κ1) is 12.9. The number of fused-ring (bicyclic) bond motifs is 1. The van der Waals surface area contributed by atoms with Crippen LogP contribution >= 0.6 is 15.9 Å². The second kappa shape index (κ2) is 5.88. The summed E-state index contributed by atoms with van der Waals surface area (Å²) in [5, 5.41) is 5.16. The van der Waals surface area contributed by atoms with E-state index in [2.05, 4.69) is 30.9 Å². The highest BCUT2D eigenvalue weighted by atomic mass is 79.9. The molecule has 0 amide bonds. The summed E-state index contributed by atoms with van der Waals surface area (Å²) in [6, 6.07) is 2.01. The van der Waals surface area contributed by atoms with Crippen LogP contribution in [0.15, 0.2) is 24.7 Å². The summed E-state index contributed by atoms with van der Waals surface area (Å²) >= 11 is 3.39. The van der Waals surface area contributed by atoms with E-state index >= 15 is 0 Å². The van der Waals surface area contributed by atoms with E-state index in [1.165, 1.54) is 0 Å². The van der Waals surface area contributed by atoms with Crippen LogP contribution in [0.2, 0.25) is 0 Å². The lowest BCUT2D eigenvalue weighted by atomic mass is 10.1. The molecule has 0 saturated carbocycles. The summed E-state index contributed by atoms with van der Waals surface area (Å²) in [4.78, 5) is 6.83. The van der Waals surface area contributed by atoms with E-state index in [1.54, 1.807) is 0 Å². The topological polar surface area (TPSA) is 42.7 Å². The van der Waals surface area contributed by atoms with Gasteiger partial charge in [-0.3, -0.25) is 0 Å². The second-order valence-corrected chi connectivity index (χ2v) is 5.45. The summed E-state index contributed by atoms with van der Waals surface area (Å²) in [6.45, 7) is 2.77. The quantitative estimate of drug-likeness (QED) is 0.808. The van der Waals surface area contributed by atoms with Crippen LogP contribution < -0.4 is 4.90 Å². The van der Waals surface area contributed by atoms with Crippen LogP contribution in [0.25, 0.3) is 5.52 Å². The molecule has 3 heterocycles. The summed E-state index contributed by atoms with van der Waals surface area (Å²) in [6.07, 6.45) is 8.01. The van der Waals surface area contributed by atoms with Gasteiger partial charge in [-0.2, -0.15) is 5.10 Å². The number of piperidine rings is 1. The Bertz CT molecular complexity index is 536. The molecule has 0 N–H and O–H groups in total. The first-order valence-electron chi connectivity index (χ1n) is 6.59. The predicted molar refractivity (Wildman–Crippen MR) is 78.0 cm³/mol. The fraction of sp³-hybridized carbons (Fsp3) is 0.538. The minimum atomic E-state index is 0.387. The molecule has 6 heteroatoms. The van der Waals surface area contributed by atoms with E-state index in [9.17, 15) is 0 Å². The highest BCUT2D eigenvalue weighted by Crippen LogP contribution is 2.23. The van der Waals surface area contributed by atoms with Crippen LogP contribution in [-0.2, 0) is 4.74 Å². The van der Waals surface area contributed by atoms with E-state index in [4.69, 9.17) is 4.74 Å². The molecule has 1 saturated heterocycles. The minimum absolute atomic E-state index is 0.387. The lowest BCUT2D eigenvalue weighted by Gasteiger charge is -2.32. The Labute approximate surface area is 120 Å². The molecule has 1 aliphatic heterocycles. The van der Waals surface area contributed by atoms with Gasteiger partial charge in [0, 0.05) is 30.8 Å². The largest absolute Gasteiger partial charge is 0.377 e. The van der Waals surface area contributed by atoms with Gasteiger partial charge in [0.15, 0.2) is 5.82 Å². The lowest BCUT2D eigenvalue weighted by molar-refractivity contribution is 0.0480. The van der Waals surface area contributed by atoms with Gasteiger partial charge >= 0.3 is 0 Å². The van der Waals surface area contributed by atoms with E-state index < -0.39 is 0 Å². The standard InChI is InChI=1S/C13H17BrN4O/c14-4-10-19-11-2-7-17(8-3-11)13-12-1-5-16-18(12)9-6-15-13/h1,5-6,9,11H,2-4,7-8,10H2. The average molecular weight is 325 g/mol. The highest BCUT2D eigenvalue weighted by Gasteiger charge is 2.21. The maximum Gasteiger partial charge on any atom is 0.154 e. The molecule has 0 aromatic carbocycles. The Morgan fingerprint density at radius 3 is 2.95 bits per heavy atom. The molecule has 0 atom stereocenters. The molecule has 0 unspecified atom stereocenters. The third-order valence-electron chi connectivity index (χ3n) is 3.48. The molecule has 102 valence electrons. The Kier molecular flexibility index (Phi) is 3.98. The zero-order chi connectivity index (χ0) is 13.1. The fourth-order valence-corrected chi connectivity index (χ4v) is 2.72. The average Bonchev–Trinajstić information content (AvgIpc) is 2.94. The van der Waals surface area contributed by atoms with E-state index in [1.807, 2.05) is 29.2 Å². The van der Waals surface area contributed by atoms with Gasteiger partial charge in [0.25, 0.3) is 0 Å². The Morgan fingerprint density at radius 1 is 1.32 bits per heavy atom. The molecule has 19 heavy (non-hydrogen) atoms. The number of rotatable bonds is 4. The number of alkyl halides is 1. The first-order valence-corrected chi connectivity index (χ1v) is 7.71. The molecule has 0 spiro atoms. The van der Waals surface area contributed by atoms with Gasteiger partial charge in [-0.15, -0.1) is 0 Å². The molecule has 0 radical (unpaired) electrons. The van der Waals surface area contributed by atoms with Crippen molar-refractivity contribution in [3.05, 3.63) is 24.7 Å². The van der Waals surface area contributed by atoms with Crippen LogP contribution in [0.1, 0.15) is 12.8 Å². The maximum absolute atomic E-state index is 5.78. The van der Waals surface area contributed by atoms with Crippen LogP contribution in [0, 0.1) is 0 Å². The molecule has 0 aliphatic carbocycles. The summed E-state index contributed by atoms with van der Waals surface area (Å²) in [7, 11) is 0. The SMILES string of the molecule is BrCCOC1CCN(c2nccn3nccc23)CC1. The lowest BCUT2D eigenvalue weighted by Crippen LogP contribution is -2.38. The Hall–Kier alpha value is -1.14. The van der Waals surface area contributed by atoms with Crippen molar-refractivity contribution in [3.8, 4) is 0 Å². The van der Waals surface area contributed by atoms with Crippen LogP contribution in [0.4, 0.5) is 5.82 Å². The Morgan fingerprint density at radius 2 is 2.16 bits per heavy atom. The van der Waals surface area contributed by atoms with Crippen LogP contribution in [0.3, 0.4) is 0 Å². The smallest absolute Gasteiger partial charge is 0.154 e. The molecule has 1 fully saturated rings. The van der Waals surface area contributed by atoms with Gasteiger partial charge in [0.2, 0.25) is 0 Å². The van der Waals surface area contributed by atoms with Gasteiger partial charge < -0.3 is 9.64 Å². The molecular weight excluding hydrogens is 308 g/mol. The van der Waals surface area contributed by atoms with Crippen LogP contribution in [-0.4, -0.2) is 45.7 Å². The van der Waals surface area contributed by atoms with Crippen molar-refractivity contribution in [2.75, 3.05) is 29.9 Å². The fourth-order valence-electron chi connectivity index (χ4n) is 2.53. The number of nitrogens with zero attached hydrogens (tertiary/aromatic N) is 4. The van der Waals surface area contributed by atoms with Gasteiger partial charge in [-0.1, -0.05) is 15.9 Å². The van der Waals surface area contributed by atoms with Gasteiger partial charge in [0.1, 0.15) is 5.52 Å². The minimum Gasteiger partial charge on any atom is -0.377 e. The van der Waals surface area contributed by atoms with Gasteiger partial charge in [0.05, 0.1) is 18.9 Å². The van der Waals surface area contributed by atoms with Crippen molar-refractivity contribution in [1.82, 2.24) is 14.6 Å². The van der Waals surface area contributed by atoms with Gasteiger partial charge in [-0.05, 0) is 18.9 Å². The predicted octanol–water partition coefficient (Wildman–Crippen LogP) is 2.11. The normalized spacial score (nSPS) is 17.2. The van der Waals surface area contributed by atoms with Gasteiger partial charge in [-0.25, -0.2) is 9.50 Å². The zero-order valence-corrected chi connectivity index (χ0v) is 12.3. The van der Waals surface area contributed by atoms with Crippen LogP contribution in [0.5, 0.6) is 0 Å². The number of aromatic nitrogens is 3. The third-order valence-corrected chi connectivity index (χ3v) is 3.80. The number of anilines is 1. The summed E-state index contributed by atoms with van der Waals surface area (Å²) in [5.74, 6) is 1.03. The zero-order valence-electron chi connectivity index (χ0n) is 10.7. The number of hydrogen-bond donors (Lipinski definition) is 0. The molecule has 2 aromatic rings. The molecule has 0 bridgehead atoms. The van der Waals surface area contributed by atoms with E-state index in [-0.39, 0.29) is 0 Å². The molecule has 1 aliphatic rings. The third kappa shape index (κ3) is 2.74. The highest BCUT2D eigenvalue weighted by molar-refractivity contribution is 9.09. The molecule has 2 aromatic heterocycles. The first-order chi connectivity index (χ1) is 9.38.